The monoisotopic (exact) mass is 493 g/mol. The van der Waals surface area contributed by atoms with Crippen molar-refractivity contribution in [3.8, 4) is 0 Å². The number of hydrogen-bond donors (Lipinski definition) is 2. The molecule has 3 N–H and O–H groups in total. The number of hydrogen-bond acceptors (Lipinski definition) is 10. The van der Waals surface area contributed by atoms with Crippen LogP contribution in [0.15, 0.2) is 36.9 Å². The molecule has 3 unspecified atom stereocenters. The van der Waals surface area contributed by atoms with Gasteiger partial charge in [0.1, 0.15) is 24.1 Å². The molecule has 12 nitrogen and oxygen atoms in total. The van der Waals surface area contributed by atoms with Crippen molar-refractivity contribution in [1.29, 1.82) is 0 Å². The number of nitrogens with one attached hydrogen (secondary N) is 1. The first kappa shape index (κ1) is 23.0. The molecule has 2 fully saturated rings. The molecule has 0 spiro atoms. The molecule has 188 valence electrons. The zero-order valence-electron chi connectivity index (χ0n) is 20.0. The number of carbonyl (C=O) groups is 2. The van der Waals surface area contributed by atoms with Crippen LogP contribution in [0.2, 0.25) is 0 Å². The van der Waals surface area contributed by atoms with E-state index in [1.807, 2.05) is 18.4 Å². The van der Waals surface area contributed by atoms with E-state index in [0.717, 1.165) is 0 Å². The summed E-state index contributed by atoms with van der Waals surface area (Å²) in [6.45, 7) is 5.40. The van der Waals surface area contributed by atoms with Crippen LogP contribution in [-0.2, 0) is 19.9 Å². The first-order valence-corrected chi connectivity index (χ1v) is 11.9. The number of nitrogen functional groups attached to an aromatic ring is 1. The third-order valence-electron chi connectivity index (χ3n) is 6.85. The summed E-state index contributed by atoms with van der Waals surface area (Å²) in [5, 5.41) is 3.37. The maximum Gasteiger partial charge on any atom is 0.261 e. The van der Waals surface area contributed by atoms with Crippen LogP contribution in [-0.4, -0.2) is 80.5 Å². The second kappa shape index (κ2) is 8.30. The van der Waals surface area contributed by atoms with Crippen molar-refractivity contribution in [2.24, 2.45) is 0 Å². The van der Waals surface area contributed by atoms with Gasteiger partial charge in [0.15, 0.2) is 17.3 Å². The molecule has 2 saturated heterocycles. The summed E-state index contributed by atoms with van der Waals surface area (Å²) in [5.74, 6) is -1.03. The molecule has 3 aliphatic rings. The van der Waals surface area contributed by atoms with Crippen molar-refractivity contribution in [2.45, 2.75) is 44.0 Å². The number of ether oxygens (including phenoxy) is 3. The highest BCUT2D eigenvalue weighted by Gasteiger charge is 2.62. The molecule has 2 amide bonds. The normalized spacial score (nSPS) is 26.7. The van der Waals surface area contributed by atoms with Crippen molar-refractivity contribution >= 4 is 28.8 Å². The third kappa shape index (κ3) is 3.48. The Balaban J connectivity index is 1.10. The van der Waals surface area contributed by atoms with Crippen LogP contribution in [0.3, 0.4) is 0 Å². The fourth-order valence-corrected chi connectivity index (χ4v) is 5.30. The molecule has 0 radical (unpaired) electrons. The number of nitrogens with zero attached hydrogens (tertiary/aromatic N) is 5. The van der Waals surface area contributed by atoms with Crippen LogP contribution < -0.4 is 11.1 Å². The summed E-state index contributed by atoms with van der Waals surface area (Å²) in [7, 11) is 0. The zero-order chi connectivity index (χ0) is 25.1. The predicted molar refractivity (Wildman–Crippen MR) is 127 cm³/mol. The van der Waals surface area contributed by atoms with Gasteiger partial charge in [0.2, 0.25) is 5.72 Å². The Labute approximate surface area is 206 Å². The van der Waals surface area contributed by atoms with Gasteiger partial charge in [0, 0.05) is 13.1 Å². The maximum atomic E-state index is 12.5. The van der Waals surface area contributed by atoms with E-state index in [2.05, 4.69) is 20.3 Å². The molecule has 3 atom stereocenters. The first-order valence-electron chi connectivity index (χ1n) is 11.9. The summed E-state index contributed by atoms with van der Waals surface area (Å²) < 4.78 is 20.6. The second-order valence-corrected chi connectivity index (χ2v) is 9.65. The van der Waals surface area contributed by atoms with E-state index in [1.54, 1.807) is 30.6 Å². The molecule has 6 rings (SSSR count). The molecule has 3 aliphatic heterocycles. The highest BCUT2D eigenvalue weighted by molar-refractivity contribution is 6.21. The lowest BCUT2D eigenvalue weighted by Gasteiger charge is -2.28. The summed E-state index contributed by atoms with van der Waals surface area (Å²) in [5.41, 5.74) is 7.00. The number of carbonyl (C=O) groups excluding carboxylic acids is 2. The molecule has 5 heterocycles. The number of imidazole rings is 1. The van der Waals surface area contributed by atoms with Gasteiger partial charge in [0.25, 0.3) is 11.8 Å². The summed E-state index contributed by atoms with van der Waals surface area (Å²) in [6.07, 6.45) is 2.91. The standard InChI is InChI=1S/C24H27N7O5/c1-23(2)35-18-16(10-26-8-5-9-30-21(32)14-6-3-4-7-15(14)22(30)33)34-11-24(18,36-23)31-13-29-17-19(25)27-12-28-20(17)31/h3-4,6-7,12-13,16,18,26H,5,8-11H2,1-2H3,(H2,25,27,28). The number of rotatable bonds is 7. The molecule has 3 aromatic rings. The average Bonchev–Trinajstić information content (AvgIpc) is 3.56. The van der Waals surface area contributed by atoms with Gasteiger partial charge in [-0.05, 0) is 38.9 Å². The second-order valence-electron chi connectivity index (χ2n) is 9.65. The highest BCUT2D eigenvalue weighted by atomic mass is 16.8. The van der Waals surface area contributed by atoms with Crippen molar-refractivity contribution in [3.63, 3.8) is 0 Å². The lowest BCUT2D eigenvalue weighted by atomic mass is 10.1. The van der Waals surface area contributed by atoms with Gasteiger partial charge in [-0.3, -0.25) is 19.1 Å². The quantitative estimate of drug-likeness (QED) is 0.359. The lowest BCUT2D eigenvalue weighted by Crippen LogP contribution is -2.46. The van der Waals surface area contributed by atoms with Gasteiger partial charge < -0.3 is 25.3 Å². The van der Waals surface area contributed by atoms with Gasteiger partial charge in [-0.25, -0.2) is 15.0 Å². The van der Waals surface area contributed by atoms with Gasteiger partial charge >= 0.3 is 0 Å². The van der Waals surface area contributed by atoms with E-state index >= 15 is 0 Å². The largest absolute Gasteiger partial charge is 0.382 e. The van der Waals surface area contributed by atoms with Crippen LogP contribution in [0.25, 0.3) is 11.2 Å². The van der Waals surface area contributed by atoms with Gasteiger partial charge in [0.05, 0.1) is 24.1 Å². The van der Waals surface area contributed by atoms with Crippen molar-refractivity contribution in [1.82, 2.24) is 29.7 Å². The lowest BCUT2D eigenvalue weighted by molar-refractivity contribution is -0.204. The minimum absolute atomic E-state index is 0.241. The van der Waals surface area contributed by atoms with Crippen molar-refractivity contribution in [3.05, 3.63) is 48.0 Å². The van der Waals surface area contributed by atoms with E-state index in [4.69, 9.17) is 19.9 Å². The smallest absolute Gasteiger partial charge is 0.261 e. The number of fused-ring (bicyclic) bond motifs is 3. The SMILES string of the molecule is CC1(C)OC2C(CNCCCN3C(=O)c4ccccc4C3=O)OCC2(n2cnc3c(N)ncnc32)O1. The number of imide groups is 1. The van der Waals surface area contributed by atoms with Crippen LogP contribution in [0.5, 0.6) is 0 Å². The Kier molecular flexibility index (Phi) is 5.30. The van der Waals surface area contributed by atoms with E-state index < -0.39 is 17.6 Å². The van der Waals surface area contributed by atoms with Gasteiger partial charge in [-0.2, -0.15) is 0 Å². The molecule has 36 heavy (non-hydrogen) atoms. The first-order chi connectivity index (χ1) is 17.3. The maximum absolute atomic E-state index is 12.5. The summed E-state index contributed by atoms with van der Waals surface area (Å²) >= 11 is 0. The Hall–Kier alpha value is -3.45. The zero-order valence-corrected chi connectivity index (χ0v) is 20.0. The van der Waals surface area contributed by atoms with Crippen molar-refractivity contribution < 1.29 is 23.8 Å². The topological polar surface area (TPSA) is 147 Å². The molecule has 2 aromatic heterocycles. The van der Waals surface area contributed by atoms with Gasteiger partial charge in [-0.15, -0.1) is 0 Å². The third-order valence-corrected chi connectivity index (χ3v) is 6.85. The van der Waals surface area contributed by atoms with E-state index in [-0.39, 0.29) is 24.5 Å². The number of aromatic nitrogens is 4. The number of amides is 2. The Morgan fingerprint density at radius 2 is 1.89 bits per heavy atom. The molecular formula is C24H27N7O5. The average molecular weight is 494 g/mol. The molecule has 0 bridgehead atoms. The Morgan fingerprint density at radius 1 is 1.14 bits per heavy atom. The summed E-state index contributed by atoms with van der Waals surface area (Å²) in [6, 6.07) is 6.90. The molecule has 1 aromatic carbocycles. The van der Waals surface area contributed by atoms with E-state index in [1.165, 1.54) is 11.2 Å². The molecule has 0 saturated carbocycles. The van der Waals surface area contributed by atoms with Crippen LogP contribution >= 0.6 is 0 Å². The van der Waals surface area contributed by atoms with Gasteiger partial charge in [-0.1, -0.05) is 12.1 Å². The Morgan fingerprint density at radius 3 is 2.64 bits per heavy atom. The number of nitrogens with two attached hydrogens (primary N) is 1. The van der Waals surface area contributed by atoms with Crippen molar-refractivity contribution in [2.75, 3.05) is 32.0 Å². The minimum Gasteiger partial charge on any atom is -0.382 e. The van der Waals surface area contributed by atoms with Crippen LogP contribution in [0.4, 0.5) is 5.82 Å². The fraction of sp³-hybridized carbons (Fsp3) is 0.458. The molecule has 0 aliphatic carbocycles. The van der Waals surface area contributed by atoms with E-state index in [9.17, 15) is 9.59 Å². The van der Waals surface area contributed by atoms with Crippen LogP contribution in [0, 0.1) is 0 Å². The minimum atomic E-state index is -0.953. The molecular weight excluding hydrogens is 466 g/mol. The Bertz CT molecular complexity index is 1320. The summed E-state index contributed by atoms with van der Waals surface area (Å²) in [4.78, 5) is 39.2. The van der Waals surface area contributed by atoms with E-state index in [0.29, 0.717) is 54.2 Å². The van der Waals surface area contributed by atoms with Crippen LogP contribution in [0.1, 0.15) is 41.0 Å². The fourth-order valence-electron chi connectivity index (χ4n) is 5.30. The molecule has 12 heteroatoms. The highest BCUT2D eigenvalue weighted by Crippen LogP contribution is 2.47. The number of anilines is 1. The predicted octanol–water partition coefficient (Wildman–Crippen LogP) is 0.888. The number of benzene rings is 1.